The molecule has 2 N–H and O–H groups in total. The highest BCUT2D eigenvalue weighted by Gasteiger charge is 2.61. The number of fused-ring (bicyclic) bond motifs is 5. The van der Waals surface area contributed by atoms with E-state index < -0.39 is 0 Å². The van der Waals surface area contributed by atoms with Crippen molar-refractivity contribution in [3.05, 3.63) is 28.0 Å². The van der Waals surface area contributed by atoms with E-state index >= 15 is 0 Å². The summed E-state index contributed by atoms with van der Waals surface area (Å²) in [5, 5.41) is 23.6. The van der Waals surface area contributed by atoms with Crippen molar-refractivity contribution in [2.45, 2.75) is 77.4 Å². The minimum absolute atomic E-state index is 0.0572. The van der Waals surface area contributed by atoms with Crippen molar-refractivity contribution in [1.82, 2.24) is 0 Å². The molecule has 2 nitrogen and oxygen atoms in total. The first-order valence-electron chi connectivity index (χ1n) is 11.0. The second-order valence-electron chi connectivity index (χ2n) is 10.5. The first kappa shape index (κ1) is 18.4. The molecule has 0 radical (unpaired) electrons. The van der Waals surface area contributed by atoms with Crippen LogP contribution in [0.15, 0.2) is 23.1 Å². The van der Waals surface area contributed by atoms with Crippen LogP contribution in [0.3, 0.4) is 0 Å². The zero-order valence-electron chi connectivity index (χ0n) is 16.7. The molecule has 0 amide bonds. The smallest absolute Gasteiger partial charge is 0.0810 e. The highest BCUT2D eigenvalue weighted by molar-refractivity contribution is 7.10. The Labute approximate surface area is 167 Å². The van der Waals surface area contributed by atoms with Crippen LogP contribution in [0.5, 0.6) is 0 Å². The largest absolute Gasteiger partial charge is 0.393 e. The van der Waals surface area contributed by atoms with Gasteiger partial charge >= 0.3 is 0 Å². The summed E-state index contributed by atoms with van der Waals surface area (Å²) >= 11 is 1.77. The van der Waals surface area contributed by atoms with Gasteiger partial charge in [-0.25, -0.2) is 0 Å². The maximum Gasteiger partial charge on any atom is 0.0810 e. The van der Waals surface area contributed by atoms with Gasteiger partial charge in [-0.05, 0) is 104 Å². The zero-order valence-corrected chi connectivity index (χ0v) is 17.5. The fraction of sp³-hybridized carbons (Fsp3) is 0.750. The first-order chi connectivity index (χ1) is 12.9. The van der Waals surface area contributed by atoms with Gasteiger partial charge in [0.15, 0.2) is 0 Å². The van der Waals surface area contributed by atoms with Crippen LogP contribution in [0.4, 0.5) is 0 Å². The van der Waals surface area contributed by atoms with Crippen LogP contribution in [0.1, 0.15) is 70.1 Å². The average Bonchev–Trinajstić information content (AvgIpc) is 3.24. The minimum Gasteiger partial charge on any atom is -0.393 e. The third-order valence-electron chi connectivity index (χ3n) is 9.38. The zero-order chi connectivity index (χ0) is 18.8. The molecule has 3 heteroatoms. The van der Waals surface area contributed by atoms with Crippen LogP contribution < -0.4 is 0 Å². The second kappa shape index (κ2) is 6.43. The normalized spacial score (nSPS) is 50.9. The van der Waals surface area contributed by atoms with Gasteiger partial charge in [-0.2, -0.15) is 0 Å². The lowest BCUT2D eigenvalue weighted by atomic mass is 9.45. The van der Waals surface area contributed by atoms with E-state index in [0.717, 1.165) is 37.5 Å². The molecule has 5 rings (SSSR count). The summed E-state index contributed by atoms with van der Waals surface area (Å²) in [4.78, 5) is 1.28. The van der Waals surface area contributed by atoms with Crippen LogP contribution in [0.25, 0.3) is 6.08 Å². The van der Waals surface area contributed by atoms with Gasteiger partial charge in [0.2, 0.25) is 0 Å². The molecule has 4 fully saturated rings. The lowest BCUT2D eigenvalue weighted by Gasteiger charge is -2.60. The van der Waals surface area contributed by atoms with Crippen molar-refractivity contribution < 1.29 is 10.2 Å². The third-order valence-corrected chi connectivity index (χ3v) is 10.2. The van der Waals surface area contributed by atoms with Gasteiger partial charge < -0.3 is 10.2 Å². The topological polar surface area (TPSA) is 40.5 Å². The van der Waals surface area contributed by atoms with Gasteiger partial charge in [-0.3, -0.25) is 0 Å². The number of aliphatic hydroxyl groups is 2. The first-order valence-corrected chi connectivity index (χ1v) is 11.9. The van der Waals surface area contributed by atoms with Gasteiger partial charge in [0.05, 0.1) is 12.2 Å². The van der Waals surface area contributed by atoms with Crippen molar-refractivity contribution in [3.63, 3.8) is 0 Å². The Hall–Kier alpha value is -0.640. The minimum atomic E-state index is -0.274. The highest BCUT2D eigenvalue weighted by atomic mass is 32.1. The number of aliphatic hydroxyl groups excluding tert-OH is 2. The maximum atomic E-state index is 11.3. The summed E-state index contributed by atoms with van der Waals surface area (Å²) in [6, 6.07) is 4.26. The molecule has 4 saturated carbocycles. The molecule has 27 heavy (non-hydrogen) atoms. The third kappa shape index (κ3) is 2.72. The van der Waals surface area contributed by atoms with Crippen molar-refractivity contribution in [3.8, 4) is 0 Å². The summed E-state index contributed by atoms with van der Waals surface area (Å²) in [6.45, 7) is 4.91. The molecule has 0 bridgehead atoms. The van der Waals surface area contributed by atoms with Crippen LogP contribution in [-0.2, 0) is 0 Å². The van der Waals surface area contributed by atoms with Crippen molar-refractivity contribution in [2.24, 2.45) is 34.5 Å². The molecule has 148 valence electrons. The molecular weight excluding hydrogens is 352 g/mol. The fourth-order valence-corrected chi connectivity index (χ4v) is 8.48. The molecule has 4 aliphatic carbocycles. The van der Waals surface area contributed by atoms with Crippen LogP contribution in [0, 0.1) is 34.5 Å². The summed E-state index contributed by atoms with van der Waals surface area (Å²) in [5.74, 6) is 2.88. The van der Waals surface area contributed by atoms with Crippen LogP contribution >= 0.6 is 11.3 Å². The number of hydrogen-bond acceptors (Lipinski definition) is 3. The Balaban J connectivity index is 1.45. The quantitative estimate of drug-likeness (QED) is 0.668. The van der Waals surface area contributed by atoms with Crippen molar-refractivity contribution >= 4 is 17.4 Å². The van der Waals surface area contributed by atoms with Gasteiger partial charge in [-0.1, -0.05) is 19.9 Å². The highest BCUT2D eigenvalue weighted by Crippen LogP contribution is 2.67. The van der Waals surface area contributed by atoms with E-state index in [4.69, 9.17) is 0 Å². The predicted octanol–water partition coefficient (Wildman–Crippen LogP) is 5.51. The second-order valence-corrected chi connectivity index (χ2v) is 11.5. The molecule has 4 aliphatic rings. The molecule has 1 aromatic rings. The van der Waals surface area contributed by atoms with E-state index in [0.29, 0.717) is 17.3 Å². The Morgan fingerprint density at radius 2 is 1.85 bits per heavy atom. The Bertz CT molecular complexity index is 725. The van der Waals surface area contributed by atoms with E-state index in [9.17, 15) is 10.2 Å². The molecule has 0 aliphatic heterocycles. The molecule has 1 aromatic heterocycles. The van der Waals surface area contributed by atoms with Gasteiger partial charge in [-0.15, -0.1) is 11.3 Å². The van der Waals surface area contributed by atoms with Crippen molar-refractivity contribution in [1.29, 1.82) is 0 Å². The van der Waals surface area contributed by atoms with E-state index in [1.165, 1.54) is 36.1 Å². The Morgan fingerprint density at radius 3 is 2.63 bits per heavy atom. The predicted molar refractivity (Wildman–Crippen MR) is 111 cm³/mol. The Morgan fingerprint density at radius 1 is 1.04 bits per heavy atom. The molecule has 0 spiro atoms. The number of rotatable bonds is 1. The Kier molecular flexibility index (Phi) is 4.38. The maximum absolute atomic E-state index is 11.3. The lowest BCUT2D eigenvalue weighted by Crippen LogP contribution is -2.54. The van der Waals surface area contributed by atoms with Gasteiger partial charge in [0, 0.05) is 10.3 Å². The van der Waals surface area contributed by atoms with E-state index in [1.807, 2.05) is 0 Å². The summed E-state index contributed by atoms with van der Waals surface area (Å²) in [5.41, 5.74) is 1.74. The van der Waals surface area contributed by atoms with Crippen molar-refractivity contribution in [2.75, 3.05) is 0 Å². The van der Waals surface area contributed by atoms with E-state index in [2.05, 4.69) is 37.4 Å². The molecule has 1 heterocycles. The average molecular weight is 387 g/mol. The van der Waals surface area contributed by atoms with E-state index in [1.54, 1.807) is 11.3 Å². The standard InChI is InChI=1S/C24H34O2S/c1-23-9-7-17(25)14-16(23)5-6-19-20(23)8-10-24(2)21(19)13-15(22(24)26)12-18-4-3-11-27-18/h3-4,11-12,16-17,19-22,25-26H,5-10,13-14H2,1-2H3/b15-12+/t16-,17-,19+,20-,21+,22+,23-,24-/m0/s1. The molecule has 0 aromatic carbocycles. The monoisotopic (exact) mass is 386 g/mol. The molecular formula is C24H34O2S. The number of thiophene rings is 1. The summed E-state index contributed by atoms with van der Waals surface area (Å²) in [6.07, 6.45) is 11.2. The van der Waals surface area contributed by atoms with Gasteiger partial charge in [0.25, 0.3) is 0 Å². The lowest BCUT2D eigenvalue weighted by molar-refractivity contribution is -0.133. The summed E-state index contributed by atoms with van der Waals surface area (Å²) < 4.78 is 0. The SMILES string of the molecule is C[C@]12CC[C@H](O)C[C@@H]1CC[C@H]1[C@H]3C/C(=C\c4cccs4)[C@@H](O)[C@@]3(C)CC[C@@H]12. The number of hydrogen-bond donors (Lipinski definition) is 2. The van der Waals surface area contributed by atoms with Crippen LogP contribution in [-0.4, -0.2) is 22.4 Å². The molecule has 8 atom stereocenters. The molecule has 0 saturated heterocycles. The van der Waals surface area contributed by atoms with Gasteiger partial charge in [0.1, 0.15) is 0 Å². The molecule has 0 unspecified atom stereocenters. The van der Waals surface area contributed by atoms with Crippen LogP contribution in [0.2, 0.25) is 0 Å². The van der Waals surface area contributed by atoms with E-state index in [-0.39, 0.29) is 17.6 Å². The summed E-state index contributed by atoms with van der Waals surface area (Å²) in [7, 11) is 0. The fourth-order valence-electron chi connectivity index (χ4n) is 7.79.